The van der Waals surface area contributed by atoms with Crippen LogP contribution in [0.25, 0.3) is 0 Å². The summed E-state index contributed by atoms with van der Waals surface area (Å²) in [5.41, 5.74) is 3.54. The first-order valence-corrected chi connectivity index (χ1v) is 9.21. The number of hydrogen-bond donors (Lipinski definition) is 1. The molecule has 3 rings (SSSR count). The molecule has 0 atom stereocenters. The van der Waals surface area contributed by atoms with Crippen LogP contribution in [0, 0.1) is 6.92 Å². The molecule has 7 nitrogen and oxygen atoms in total. The molecule has 0 bridgehead atoms. The Morgan fingerprint density at radius 1 is 1.24 bits per heavy atom. The molecule has 2 aromatic rings. The van der Waals surface area contributed by atoms with Gasteiger partial charge in [0.1, 0.15) is 0 Å². The van der Waals surface area contributed by atoms with E-state index < -0.39 is 0 Å². The van der Waals surface area contributed by atoms with Crippen molar-refractivity contribution in [3.8, 4) is 0 Å². The van der Waals surface area contributed by atoms with E-state index in [0.29, 0.717) is 0 Å². The summed E-state index contributed by atoms with van der Waals surface area (Å²) in [5.74, 6) is 0. The Morgan fingerprint density at radius 2 is 2.00 bits per heavy atom. The molecule has 1 aliphatic rings. The molecule has 25 heavy (non-hydrogen) atoms. The number of rotatable bonds is 5. The molecule has 0 aliphatic carbocycles. The summed E-state index contributed by atoms with van der Waals surface area (Å²) in [4.78, 5) is 4.71. The third kappa shape index (κ3) is 4.58. The summed E-state index contributed by atoms with van der Waals surface area (Å²) < 4.78 is 3.82. The van der Waals surface area contributed by atoms with Gasteiger partial charge in [0.2, 0.25) is 0 Å². The van der Waals surface area contributed by atoms with Crippen LogP contribution in [-0.2, 0) is 26.7 Å². The largest absolute Gasteiger partial charge is 0.358 e. The molecular weight excluding hydrogens is 334 g/mol. The van der Waals surface area contributed by atoms with E-state index in [1.807, 2.05) is 29.5 Å². The Morgan fingerprint density at radius 3 is 2.60 bits per heavy atom. The standard InChI is InChI=1S/C17H27N7S/c1-4-24-13-16(14(2)20-24)10-18-17(25)23-7-5-22(6-8-23)12-15-9-19-21(3)11-15/h9,11,13H,4-8,10,12H2,1-3H3,(H,18,25). The molecule has 2 aromatic heterocycles. The Labute approximate surface area is 154 Å². The van der Waals surface area contributed by atoms with Gasteiger partial charge in [0, 0.05) is 76.4 Å². The lowest BCUT2D eigenvalue weighted by molar-refractivity contribution is 0.174. The highest BCUT2D eigenvalue weighted by Gasteiger charge is 2.19. The zero-order chi connectivity index (χ0) is 17.8. The summed E-state index contributed by atoms with van der Waals surface area (Å²) in [6, 6.07) is 0. The lowest BCUT2D eigenvalue weighted by Gasteiger charge is -2.36. The van der Waals surface area contributed by atoms with E-state index in [2.05, 4.69) is 44.6 Å². The average molecular weight is 362 g/mol. The van der Waals surface area contributed by atoms with Gasteiger partial charge in [-0.1, -0.05) is 0 Å². The first-order valence-electron chi connectivity index (χ1n) is 8.80. The van der Waals surface area contributed by atoms with Crippen LogP contribution < -0.4 is 5.32 Å². The van der Waals surface area contributed by atoms with E-state index in [0.717, 1.165) is 56.6 Å². The molecule has 0 unspecified atom stereocenters. The number of nitrogens with zero attached hydrogens (tertiary/aromatic N) is 6. The fourth-order valence-electron chi connectivity index (χ4n) is 3.10. The second-order valence-electron chi connectivity index (χ2n) is 6.54. The van der Waals surface area contributed by atoms with Crippen LogP contribution in [0.5, 0.6) is 0 Å². The molecule has 136 valence electrons. The van der Waals surface area contributed by atoms with Crippen molar-refractivity contribution in [2.45, 2.75) is 33.5 Å². The third-order valence-corrected chi connectivity index (χ3v) is 5.03. The molecule has 0 spiro atoms. The molecule has 8 heteroatoms. The van der Waals surface area contributed by atoms with Gasteiger partial charge in [0.05, 0.1) is 11.9 Å². The number of thiocarbonyl (C=S) groups is 1. The monoisotopic (exact) mass is 361 g/mol. The quantitative estimate of drug-likeness (QED) is 0.806. The minimum Gasteiger partial charge on any atom is -0.358 e. The predicted octanol–water partition coefficient (Wildman–Crippen LogP) is 1.14. The van der Waals surface area contributed by atoms with Crippen LogP contribution in [-0.4, -0.2) is 60.7 Å². The lowest BCUT2D eigenvalue weighted by atomic mass is 10.2. The van der Waals surface area contributed by atoms with Crippen molar-refractivity contribution in [3.63, 3.8) is 0 Å². The van der Waals surface area contributed by atoms with Crippen LogP contribution in [0.15, 0.2) is 18.6 Å². The van der Waals surface area contributed by atoms with Crippen molar-refractivity contribution < 1.29 is 0 Å². The molecular formula is C17H27N7S. The minimum absolute atomic E-state index is 0.737. The Kier molecular flexibility index (Phi) is 5.70. The van der Waals surface area contributed by atoms with Crippen molar-refractivity contribution in [1.82, 2.24) is 34.7 Å². The number of piperazine rings is 1. The fourth-order valence-corrected chi connectivity index (χ4v) is 3.35. The number of hydrogen-bond acceptors (Lipinski definition) is 4. The van der Waals surface area contributed by atoms with Gasteiger partial charge in [0.25, 0.3) is 0 Å². The predicted molar refractivity (Wildman–Crippen MR) is 102 cm³/mol. The summed E-state index contributed by atoms with van der Waals surface area (Å²) in [5, 5.41) is 12.9. The van der Waals surface area contributed by atoms with Crippen molar-refractivity contribution in [2.24, 2.45) is 7.05 Å². The molecule has 1 saturated heterocycles. The van der Waals surface area contributed by atoms with Crippen molar-refractivity contribution >= 4 is 17.3 Å². The first kappa shape index (κ1) is 17.9. The summed E-state index contributed by atoms with van der Waals surface area (Å²) in [6.07, 6.45) is 6.12. The van der Waals surface area contributed by atoms with Crippen molar-refractivity contribution in [3.05, 3.63) is 35.4 Å². The highest BCUT2D eigenvalue weighted by Crippen LogP contribution is 2.09. The van der Waals surface area contributed by atoms with Gasteiger partial charge in [0.15, 0.2) is 5.11 Å². The van der Waals surface area contributed by atoms with Gasteiger partial charge in [-0.05, 0) is 26.1 Å². The Hall–Kier alpha value is -1.93. The Balaban J connectivity index is 1.44. The second kappa shape index (κ2) is 7.97. The summed E-state index contributed by atoms with van der Waals surface area (Å²) in [6.45, 7) is 10.7. The molecule has 1 fully saturated rings. The van der Waals surface area contributed by atoms with E-state index in [1.165, 1.54) is 11.1 Å². The summed E-state index contributed by atoms with van der Waals surface area (Å²) >= 11 is 5.58. The first-order chi connectivity index (χ1) is 12.0. The molecule has 0 aromatic carbocycles. The smallest absolute Gasteiger partial charge is 0.169 e. The van der Waals surface area contributed by atoms with Crippen molar-refractivity contribution in [2.75, 3.05) is 26.2 Å². The topological polar surface area (TPSA) is 54.2 Å². The van der Waals surface area contributed by atoms with Crippen LogP contribution in [0.1, 0.15) is 23.7 Å². The van der Waals surface area contributed by atoms with E-state index in [9.17, 15) is 0 Å². The fraction of sp³-hybridized carbons (Fsp3) is 0.588. The molecule has 1 N–H and O–H groups in total. The molecule has 0 amide bonds. The van der Waals surface area contributed by atoms with Gasteiger partial charge in [-0.25, -0.2) is 0 Å². The van der Waals surface area contributed by atoms with Crippen LogP contribution in [0.3, 0.4) is 0 Å². The van der Waals surface area contributed by atoms with Crippen LogP contribution in [0.4, 0.5) is 0 Å². The maximum absolute atomic E-state index is 5.58. The Bertz CT molecular complexity index is 712. The number of aromatic nitrogens is 4. The maximum atomic E-state index is 5.58. The highest BCUT2D eigenvalue weighted by atomic mass is 32.1. The maximum Gasteiger partial charge on any atom is 0.169 e. The average Bonchev–Trinajstić information content (AvgIpc) is 3.18. The van der Waals surface area contributed by atoms with E-state index in [1.54, 1.807) is 0 Å². The van der Waals surface area contributed by atoms with Crippen molar-refractivity contribution in [1.29, 1.82) is 0 Å². The zero-order valence-corrected chi connectivity index (χ0v) is 16.1. The van der Waals surface area contributed by atoms with Gasteiger partial charge >= 0.3 is 0 Å². The summed E-state index contributed by atoms with van der Waals surface area (Å²) in [7, 11) is 1.96. The van der Waals surface area contributed by atoms with Gasteiger partial charge in [-0.2, -0.15) is 10.2 Å². The second-order valence-corrected chi connectivity index (χ2v) is 6.93. The van der Waals surface area contributed by atoms with Gasteiger partial charge < -0.3 is 10.2 Å². The zero-order valence-electron chi connectivity index (χ0n) is 15.3. The SMILES string of the molecule is CCn1cc(CNC(=S)N2CCN(Cc3cnn(C)c3)CC2)c(C)n1. The van der Waals surface area contributed by atoms with Gasteiger partial charge in [-0.15, -0.1) is 0 Å². The van der Waals surface area contributed by atoms with E-state index in [-0.39, 0.29) is 0 Å². The molecule has 0 saturated carbocycles. The molecule has 0 radical (unpaired) electrons. The number of aryl methyl sites for hydroxylation is 3. The lowest BCUT2D eigenvalue weighted by Crippen LogP contribution is -2.51. The molecule has 1 aliphatic heterocycles. The highest BCUT2D eigenvalue weighted by molar-refractivity contribution is 7.80. The van der Waals surface area contributed by atoms with E-state index in [4.69, 9.17) is 12.2 Å². The van der Waals surface area contributed by atoms with E-state index >= 15 is 0 Å². The van der Waals surface area contributed by atoms with Gasteiger partial charge in [-0.3, -0.25) is 14.3 Å². The third-order valence-electron chi connectivity index (χ3n) is 4.63. The molecule has 3 heterocycles. The number of nitrogens with one attached hydrogen (secondary N) is 1. The van der Waals surface area contributed by atoms with Crippen LogP contribution in [0.2, 0.25) is 0 Å². The normalized spacial score (nSPS) is 15.6. The minimum atomic E-state index is 0.737. The van der Waals surface area contributed by atoms with Crippen LogP contribution >= 0.6 is 12.2 Å².